The highest BCUT2D eigenvalue weighted by atomic mass is 16.5. The van der Waals surface area contributed by atoms with Gasteiger partial charge in [-0.15, -0.1) is 0 Å². The van der Waals surface area contributed by atoms with Crippen molar-refractivity contribution in [3.63, 3.8) is 0 Å². The Morgan fingerprint density at radius 1 is 1.29 bits per heavy atom. The van der Waals surface area contributed by atoms with Crippen LogP contribution in [0.5, 0.6) is 0 Å². The van der Waals surface area contributed by atoms with E-state index in [4.69, 9.17) is 10.3 Å². The summed E-state index contributed by atoms with van der Waals surface area (Å²) in [6.45, 7) is 2.42. The van der Waals surface area contributed by atoms with Gasteiger partial charge in [-0.25, -0.2) is 0 Å². The highest BCUT2D eigenvalue weighted by Gasteiger charge is 2.17. The van der Waals surface area contributed by atoms with Crippen LogP contribution in [0.25, 0.3) is 10.4 Å². The third kappa shape index (κ3) is 2.75. The molecule has 6 nitrogen and oxygen atoms in total. The molecular weight excluding hydrogens is 220 g/mol. The summed E-state index contributed by atoms with van der Waals surface area (Å²) in [7, 11) is 0. The Hall–Kier alpha value is -2.04. The molecule has 0 spiro atoms. The Labute approximate surface area is 98.4 Å². The second-order valence-corrected chi connectivity index (χ2v) is 3.64. The highest BCUT2D eigenvalue weighted by molar-refractivity contribution is 5.94. The molecule has 1 heterocycles. The fraction of sp³-hybridized carbons (Fsp3) is 0.364. The van der Waals surface area contributed by atoms with Crippen molar-refractivity contribution in [3.8, 4) is 0 Å². The summed E-state index contributed by atoms with van der Waals surface area (Å²) in [5, 5.41) is 3.46. The quantitative estimate of drug-likeness (QED) is 0.444. The number of hydrogen-bond acceptors (Lipinski definition) is 3. The van der Waals surface area contributed by atoms with Crippen LogP contribution < -0.4 is 0 Å². The van der Waals surface area contributed by atoms with Crippen molar-refractivity contribution in [3.05, 3.63) is 40.3 Å². The molecule has 0 unspecified atom stereocenters. The van der Waals surface area contributed by atoms with E-state index in [1.807, 2.05) is 0 Å². The summed E-state index contributed by atoms with van der Waals surface area (Å²) in [5.41, 5.74) is 9.38. The zero-order valence-corrected chi connectivity index (χ0v) is 9.24. The minimum absolute atomic E-state index is 0.0132. The van der Waals surface area contributed by atoms with Crippen LogP contribution in [0.2, 0.25) is 0 Å². The molecule has 1 aliphatic rings. The lowest BCUT2D eigenvalue weighted by Gasteiger charge is -2.26. The number of azide groups is 1. The molecule has 0 aromatic heterocycles. The van der Waals surface area contributed by atoms with Crippen molar-refractivity contribution < 1.29 is 9.53 Å². The zero-order valence-electron chi connectivity index (χ0n) is 9.24. The first-order valence-electron chi connectivity index (χ1n) is 5.33. The van der Waals surface area contributed by atoms with Crippen LogP contribution in [0, 0.1) is 0 Å². The predicted molar refractivity (Wildman–Crippen MR) is 62.0 cm³/mol. The molecule has 0 radical (unpaired) electrons. The van der Waals surface area contributed by atoms with Crippen LogP contribution in [0.1, 0.15) is 10.4 Å². The lowest BCUT2D eigenvalue weighted by molar-refractivity contribution is 0.0303. The van der Waals surface area contributed by atoms with Gasteiger partial charge in [-0.1, -0.05) is 17.2 Å². The van der Waals surface area contributed by atoms with Gasteiger partial charge < -0.3 is 9.64 Å². The maximum absolute atomic E-state index is 12.0. The minimum atomic E-state index is -0.0132. The first kappa shape index (κ1) is 11.4. The number of ether oxygens (including phenoxy) is 1. The van der Waals surface area contributed by atoms with E-state index >= 15 is 0 Å². The van der Waals surface area contributed by atoms with Crippen LogP contribution in [-0.2, 0) is 4.74 Å². The SMILES string of the molecule is [N-]=[N+]=Nc1ccc(C(=O)N2CCOCC2)cc1. The van der Waals surface area contributed by atoms with Gasteiger partial charge in [0, 0.05) is 29.3 Å². The van der Waals surface area contributed by atoms with E-state index in [0.717, 1.165) is 0 Å². The summed E-state index contributed by atoms with van der Waals surface area (Å²) in [4.78, 5) is 16.5. The third-order valence-corrected chi connectivity index (χ3v) is 2.57. The number of nitrogens with zero attached hydrogens (tertiary/aromatic N) is 4. The van der Waals surface area contributed by atoms with E-state index in [0.29, 0.717) is 37.6 Å². The van der Waals surface area contributed by atoms with E-state index < -0.39 is 0 Å². The van der Waals surface area contributed by atoms with E-state index in [2.05, 4.69) is 10.0 Å². The van der Waals surface area contributed by atoms with Gasteiger partial charge in [-0.3, -0.25) is 4.79 Å². The standard InChI is InChI=1S/C11H12N4O2/c12-14-13-10-3-1-9(2-4-10)11(16)15-5-7-17-8-6-15/h1-4H,5-8H2. The van der Waals surface area contributed by atoms with Crippen LogP contribution >= 0.6 is 0 Å². The van der Waals surface area contributed by atoms with Crippen LogP contribution in [0.15, 0.2) is 29.4 Å². The van der Waals surface area contributed by atoms with Gasteiger partial charge in [0.05, 0.1) is 13.2 Å². The second-order valence-electron chi connectivity index (χ2n) is 3.64. The highest BCUT2D eigenvalue weighted by Crippen LogP contribution is 2.15. The lowest BCUT2D eigenvalue weighted by atomic mass is 10.2. The Kier molecular flexibility index (Phi) is 3.59. The maximum Gasteiger partial charge on any atom is 0.254 e. The predicted octanol–water partition coefficient (Wildman–Crippen LogP) is 2.10. The van der Waals surface area contributed by atoms with Crippen molar-refractivity contribution in [2.45, 2.75) is 0 Å². The molecule has 1 aromatic rings. The lowest BCUT2D eigenvalue weighted by Crippen LogP contribution is -2.40. The van der Waals surface area contributed by atoms with Gasteiger partial charge in [0.25, 0.3) is 5.91 Å². The maximum atomic E-state index is 12.0. The second kappa shape index (κ2) is 5.34. The van der Waals surface area contributed by atoms with Gasteiger partial charge in [0.2, 0.25) is 0 Å². The molecule has 2 rings (SSSR count). The van der Waals surface area contributed by atoms with Crippen molar-refractivity contribution >= 4 is 11.6 Å². The molecule has 1 saturated heterocycles. The van der Waals surface area contributed by atoms with E-state index in [1.54, 1.807) is 29.2 Å². The molecule has 1 aliphatic heterocycles. The monoisotopic (exact) mass is 232 g/mol. The molecule has 17 heavy (non-hydrogen) atoms. The van der Waals surface area contributed by atoms with E-state index in [9.17, 15) is 4.79 Å². The van der Waals surface area contributed by atoms with Gasteiger partial charge in [-0.2, -0.15) is 0 Å². The summed E-state index contributed by atoms with van der Waals surface area (Å²) in [6.07, 6.45) is 0. The number of amides is 1. The summed E-state index contributed by atoms with van der Waals surface area (Å²) >= 11 is 0. The van der Waals surface area contributed by atoms with E-state index in [1.165, 1.54) is 0 Å². The van der Waals surface area contributed by atoms with Gasteiger partial charge in [0.15, 0.2) is 0 Å². The van der Waals surface area contributed by atoms with Crippen molar-refractivity contribution in [1.82, 2.24) is 4.90 Å². The van der Waals surface area contributed by atoms with Gasteiger partial charge >= 0.3 is 0 Å². The zero-order chi connectivity index (χ0) is 12.1. The molecule has 1 fully saturated rings. The van der Waals surface area contributed by atoms with Crippen molar-refractivity contribution in [1.29, 1.82) is 0 Å². The third-order valence-electron chi connectivity index (χ3n) is 2.57. The topological polar surface area (TPSA) is 78.3 Å². The average Bonchev–Trinajstić information content (AvgIpc) is 2.40. The molecule has 1 amide bonds. The molecule has 6 heteroatoms. The molecule has 0 atom stereocenters. The fourth-order valence-corrected chi connectivity index (χ4v) is 1.67. The first-order chi connectivity index (χ1) is 8.31. The number of morpholine rings is 1. The normalized spacial score (nSPS) is 15.2. The summed E-state index contributed by atoms with van der Waals surface area (Å²) in [5.74, 6) is -0.0132. The average molecular weight is 232 g/mol. The summed E-state index contributed by atoms with van der Waals surface area (Å²) in [6, 6.07) is 6.60. The number of carbonyl (C=O) groups is 1. The Morgan fingerprint density at radius 2 is 1.94 bits per heavy atom. The van der Waals surface area contributed by atoms with Crippen molar-refractivity contribution in [2.75, 3.05) is 26.3 Å². The molecule has 0 saturated carbocycles. The van der Waals surface area contributed by atoms with Crippen LogP contribution in [-0.4, -0.2) is 37.1 Å². The molecule has 88 valence electrons. The Balaban J connectivity index is 2.10. The largest absolute Gasteiger partial charge is 0.378 e. The van der Waals surface area contributed by atoms with Gasteiger partial charge in [-0.05, 0) is 17.7 Å². The fourth-order valence-electron chi connectivity index (χ4n) is 1.67. The number of carbonyl (C=O) groups excluding carboxylic acids is 1. The molecule has 0 N–H and O–H groups in total. The number of benzene rings is 1. The molecule has 1 aromatic carbocycles. The number of rotatable bonds is 2. The first-order valence-corrected chi connectivity index (χ1v) is 5.33. The Morgan fingerprint density at radius 3 is 2.53 bits per heavy atom. The van der Waals surface area contributed by atoms with Crippen molar-refractivity contribution in [2.24, 2.45) is 5.11 Å². The summed E-state index contributed by atoms with van der Waals surface area (Å²) < 4.78 is 5.19. The smallest absolute Gasteiger partial charge is 0.254 e. The van der Waals surface area contributed by atoms with Crippen LogP contribution in [0.4, 0.5) is 5.69 Å². The van der Waals surface area contributed by atoms with E-state index in [-0.39, 0.29) is 5.91 Å². The minimum Gasteiger partial charge on any atom is -0.378 e. The molecule has 0 aliphatic carbocycles. The Bertz CT molecular complexity index is 445. The van der Waals surface area contributed by atoms with Gasteiger partial charge in [0.1, 0.15) is 0 Å². The number of hydrogen-bond donors (Lipinski definition) is 0. The molecule has 0 bridgehead atoms. The van der Waals surface area contributed by atoms with Crippen LogP contribution in [0.3, 0.4) is 0 Å². The molecular formula is C11H12N4O2.